The molecule has 1 fully saturated rings. The summed E-state index contributed by atoms with van der Waals surface area (Å²) in [5, 5.41) is 0.0132. The summed E-state index contributed by atoms with van der Waals surface area (Å²) in [5.74, 6) is -0.469. The van der Waals surface area contributed by atoms with Gasteiger partial charge < -0.3 is 9.64 Å². The number of ketones is 2. The standard InChI is InChI=1S/C16H16ClNO3/c1-9-7-21-8-10(2)18(9)14-13(17)15(19)11-5-3-4-6-12(11)16(14)20/h3-6,9-10H,7-8H2,1-2H3/t9-,10+. The minimum Gasteiger partial charge on any atom is -0.377 e. The summed E-state index contributed by atoms with van der Waals surface area (Å²) < 4.78 is 5.48. The number of nitrogens with zero attached hydrogens (tertiary/aromatic N) is 1. The Morgan fingerprint density at radius 2 is 1.57 bits per heavy atom. The maximum Gasteiger partial charge on any atom is 0.211 e. The first-order valence-corrected chi connectivity index (χ1v) is 7.34. The molecule has 0 bridgehead atoms. The molecular weight excluding hydrogens is 290 g/mol. The van der Waals surface area contributed by atoms with Crippen molar-refractivity contribution in [2.24, 2.45) is 0 Å². The van der Waals surface area contributed by atoms with Crippen LogP contribution in [0, 0.1) is 0 Å². The van der Waals surface area contributed by atoms with Gasteiger partial charge in [-0.05, 0) is 13.8 Å². The zero-order valence-electron chi connectivity index (χ0n) is 11.9. The van der Waals surface area contributed by atoms with Gasteiger partial charge in [0.2, 0.25) is 11.6 Å². The Labute approximate surface area is 128 Å². The average Bonchev–Trinajstić information content (AvgIpc) is 2.48. The van der Waals surface area contributed by atoms with E-state index in [0.29, 0.717) is 30.0 Å². The first kappa shape index (κ1) is 14.3. The van der Waals surface area contributed by atoms with Crippen LogP contribution < -0.4 is 0 Å². The van der Waals surface area contributed by atoms with Gasteiger partial charge in [-0.3, -0.25) is 9.59 Å². The number of carbonyl (C=O) groups excluding carboxylic acids is 2. The van der Waals surface area contributed by atoms with Crippen LogP contribution in [0.15, 0.2) is 35.0 Å². The van der Waals surface area contributed by atoms with E-state index in [4.69, 9.17) is 16.3 Å². The molecule has 1 aromatic rings. The van der Waals surface area contributed by atoms with Gasteiger partial charge in [-0.15, -0.1) is 0 Å². The number of ether oxygens (including phenoxy) is 1. The number of allylic oxidation sites excluding steroid dienone is 2. The number of carbonyl (C=O) groups is 2. The summed E-state index contributed by atoms with van der Waals surface area (Å²) >= 11 is 6.25. The maximum absolute atomic E-state index is 12.8. The van der Waals surface area contributed by atoms with Crippen LogP contribution in [0.4, 0.5) is 0 Å². The van der Waals surface area contributed by atoms with Crippen molar-refractivity contribution in [3.05, 3.63) is 46.1 Å². The van der Waals surface area contributed by atoms with Crippen molar-refractivity contribution in [3.63, 3.8) is 0 Å². The van der Waals surface area contributed by atoms with Gasteiger partial charge >= 0.3 is 0 Å². The molecule has 1 aliphatic heterocycles. The molecule has 1 aliphatic carbocycles. The van der Waals surface area contributed by atoms with Gasteiger partial charge in [0.05, 0.1) is 25.3 Å². The van der Waals surface area contributed by atoms with Crippen molar-refractivity contribution in [2.45, 2.75) is 25.9 Å². The number of halogens is 1. The Kier molecular flexibility index (Phi) is 3.59. The predicted octanol–water partition coefficient (Wildman–Crippen LogP) is 2.63. The Morgan fingerprint density at radius 3 is 2.14 bits per heavy atom. The monoisotopic (exact) mass is 305 g/mol. The fraction of sp³-hybridized carbons (Fsp3) is 0.375. The fourth-order valence-electron chi connectivity index (χ4n) is 3.01. The van der Waals surface area contributed by atoms with E-state index in [2.05, 4.69) is 0 Å². The molecule has 1 aromatic carbocycles. The molecule has 3 rings (SSSR count). The van der Waals surface area contributed by atoms with Crippen LogP contribution in [-0.2, 0) is 4.74 Å². The molecule has 21 heavy (non-hydrogen) atoms. The van der Waals surface area contributed by atoms with E-state index >= 15 is 0 Å². The normalized spacial score (nSPS) is 26.1. The molecule has 110 valence electrons. The third-order valence-electron chi connectivity index (χ3n) is 3.96. The zero-order chi connectivity index (χ0) is 15.1. The molecule has 0 N–H and O–H groups in total. The van der Waals surface area contributed by atoms with Crippen molar-refractivity contribution in [1.29, 1.82) is 0 Å². The van der Waals surface area contributed by atoms with Crippen molar-refractivity contribution in [2.75, 3.05) is 13.2 Å². The lowest BCUT2D eigenvalue weighted by molar-refractivity contribution is -0.0183. The molecule has 1 heterocycles. The molecule has 0 amide bonds. The lowest BCUT2D eigenvalue weighted by Crippen LogP contribution is -2.51. The molecule has 2 aliphatic rings. The van der Waals surface area contributed by atoms with Gasteiger partial charge in [-0.2, -0.15) is 0 Å². The fourth-order valence-corrected chi connectivity index (χ4v) is 3.29. The molecule has 0 aromatic heterocycles. The van der Waals surface area contributed by atoms with Crippen LogP contribution >= 0.6 is 11.6 Å². The molecule has 4 nitrogen and oxygen atoms in total. The van der Waals surface area contributed by atoms with Crippen molar-refractivity contribution >= 4 is 23.2 Å². The van der Waals surface area contributed by atoms with Crippen LogP contribution in [-0.4, -0.2) is 41.8 Å². The lowest BCUT2D eigenvalue weighted by Gasteiger charge is -2.42. The van der Waals surface area contributed by atoms with Crippen LogP contribution in [0.5, 0.6) is 0 Å². The van der Waals surface area contributed by atoms with Crippen molar-refractivity contribution in [1.82, 2.24) is 4.90 Å². The molecule has 2 atom stereocenters. The molecule has 0 unspecified atom stereocenters. The summed E-state index contributed by atoms with van der Waals surface area (Å²) in [6, 6.07) is 6.81. The minimum absolute atomic E-state index is 0.000452. The second-order valence-corrected chi connectivity index (χ2v) is 5.89. The molecule has 0 radical (unpaired) electrons. The summed E-state index contributed by atoms with van der Waals surface area (Å²) in [7, 11) is 0. The maximum atomic E-state index is 12.8. The predicted molar refractivity (Wildman–Crippen MR) is 79.6 cm³/mol. The smallest absolute Gasteiger partial charge is 0.211 e. The second kappa shape index (κ2) is 5.28. The highest BCUT2D eigenvalue weighted by atomic mass is 35.5. The number of fused-ring (bicyclic) bond motifs is 1. The number of rotatable bonds is 1. The Morgan fingerprint density at radius 1 is 1.05 bits per heavy atom. The summed E-state index contributed by atoms with van der Waals surface area (Å²) in [6.07, 6.45) is 0. The number of hydrogen-bond donors (Lipinski definition) is 0. The molecule has 0 saturated carbocycles. The number of hydrogen-bond acceptors (Lipinski definition) is 4. The Balaban J connectivity index is 2.12. The van der Waals surface area contributed by atoms with Crippen LogP contribution in [0.3, 0.4) is 0 Å². The van der Waals surface area contributed by atoms with Gasteiger partial charge in [0.25, 0.3) is 0 Å². The van der Waals surface area contributed by atoms with Gasteiger partial charge in [-0.25, -0.2) is 0 Å². The third kappa shape index (κ3) is 2.19. The van der Waals surface area contributed by atoms with Gasteiger partial charge in [0.15, 0.2) is 0 Å². The highest BCUT2D eigenvalue weighted by Gasteiger charge is 2.38. The first-order valence-electron chi connectivity index (χ1n) is 6.96. The van der Waals surface area contributed by atoms with Crippen LogP contribution in [0.2, 0.25) is 0 Å². The summed E-state index contributed by atoms with van der Waals surface area (Å²) in [5.41, 5.74) is 1.11. The third-order valence-corrected chi connectivity index (χ3v) is 4.32. The number of Topliss-reactive ketones (excluding diaryl/α,β-unsaturated/α-hetero) is 2. The topological polar surface area (TPSA) is 46.6 Å². The van der Waals surface area contributed by atoms with E-state index in [1.54, 1.807) is 24.3 Å². The van der Waals surface area contributed by atoms with Gasteiger partial charge in [0.1, 0.15) is 10.7 Å². The van der Waals surface area contributed by atoms with E-state index in [1.165, 1.54) is 0 Å². The average molecular weight is 306 g/mol. The van der Waals surface area contributed by atoms with Gasteiger partial charge in [0, 0.05) is 11.1 Å². The highest BCUT2D eigenvalue weighted by molar-refractivity contribution is 6.49. The SMILES string of the molecule is C[C@@H]1COC[C@H](C)N1C1=C(Cl)C(=O)c2ccccc2C1=O. The number of morpholine rings is 1. The first-order chi connectivity index (χ1) is 10.0. The number of benzene rings is 1. The van der Waals surface area contributed by atoms with Gasteiger partial charge in [-0.1, -0.05) is 35.9 Å². The highest BCUT2D eigenvalue weighted by Crippen LogP contribution is 2.33. The van der Waals surface area contributed by atoms with Crippen molar-refractivity contribution in [3.8, 4) is 0 Å². The van der Waals surface area contributed by atoms with Crippen molar-refractivity contribution < 1.29 is 14.3 Å². The summed E-state index contributed by atoms with van der Waals surface area (Å²) in [4.78, 5) is 27.1. The Hall–Kier alpha value is -1.65. The molecular formula is C16H16ClNO3. The van der Waals surface area contributed by atoms with E-state index in [-0.39, 0.29) is 28.7 Å². The van der Waals surface area contributed by atoms with E-state index in [1.807, 2.05) is 18.7 Å². The van der Waals surface area contributed by atoms with Crippen LogP contribution in [0.25, 0.3) is 0 Å². The molecule has 1 saturated heterocycles. The second-order valence-electron chi connectivity index (χ2n) is 5.51. The minimum atomic E-state index is -0.284. The molecule has 0 spiro atoms. The zero-order valence-corrected chi connectivity index (χ0v) is 12.7. The van der Waals surface area contributed by atoms with E-state index < -0.39 is 0 Å². The Bertz CT molecular complexity index is 643. The largest absolute Gasteiger partial charge is 0.377 e. The van der Waals surface area contributed by atoms with E-state index in [0.717, 1.165) is 0 Å². The van der Waals surface area contributed by atoms with Crippen LogP contribution in [0.1, 0.15) is 34.6 Å². The molecule has 5 heteroatoms. The lowest BCUT2D eigenvalue weighted by atomic mass is 9.90. The van der Waals surface area contributed by atoms with E-state index in [9.17, 15) is 9.59 Å². The quantitative estimate of drug-likeness (QED) is 0.800. The summed E-state index contributed by atoms with van der Waals surface area (Å²) in [6.45, 7) is 4.96.